The van der Waals surface area contributed by atoms with Gasteiger partial charge in [-0.25, -0.2) is 13.8 Å². The number of rotatable bonds is 10. The van der Waals surface area contributed by atoms with E-state index in [2.05, 4.69) is 5.10 Å². The number of ether oxygens (including phenoxy) is 2. The Morgan fingerprint density at radius 1 is 1.29 bits per heavy atom. The Kier molecular flexibility index (Phi) is 7.97. The zero-order chi connectivity index (χ0) is 22.4. The summed E-state index contributed by atoms with van der Waals surface area (Å²) in [5.74, 6) is 0.843. The molecule has 1 aliphatic heterocycles. The van der Waals surface area contributed by atoms with Crippen molar-refractivity contribution in [1.82, 2.24) is 9.91 Å². The fourth-order valence-corrected chi connectivity index (χ4v) is 4.38. The van der Waals surface area contributed by atoms with E-state index in [9.17, 15) is 13.6 Å². The predicted octanol–water partition coefficient (Wildman–Crippen LogP) is 4.42. The van der Waals surface area contributed by atoms with Gasteiger partial charge in [-0.15, -0.1) is 11.3 Å². The van der Waals surface area contributed by atoms with Gasteiger partial charge in [0.15, 0.2) is 11.5 Å². The number of benzene rings is 1. The third kappa shape index (κ3) is 5.59. The van der Waals surface area contributed by atoms with Gasteiger partial charge in [0.1, 0.15) is 0 Å². The lowest BCUT2D eigenvalue weighted by molar-refractivity contribution is -0.134. The molecule has 1 aromatic heterocycles. The monoisotopic (exact) mass is 451 g/mol. The summed E-state index contributed by atoms with van der Waals surface area (Å²) in [4.78, 5) is 15.6. The van der Waals surface area contributed by atoms with Crippen LogP contribution in [-0.2, 0) is 4.79 Å². The molecule has 0 saturated heterocycles. The summed E-state index contributed by atoms with van der Waals surface area (Å²) in [6.07, 6.45) is -1.28. The molecule has 1 aliphatic rings. The van der Waals surface area contributed by atoms with Crippen LogP contribution in [0.1, 0.15) is 36.2 Å². The Bertz CT molecular complexity index is 905. The molecule has 2 heterocycles. The van der Waals surface area contributed by atoms with Gasteiger partial charge in [-0.05, 0) is 42.1 Å². The molecule has 1 amide bonds. The van der Waals surface area contributed by atoms with Crippen LogP contribution in [-0.4, -0.2) is 61.8 Å². The van der Waals surface area contributed by atoms with Crippen molar-refractivity contribution in [3.05, 3.63) is 46.2 Å². The summed E-state index contributed by atoms with van der Waals surface area (Å²) in [5.41, 5.74) is 1.65. The average molecular weight is 452 g/mol. The predicted molar refractivity (Wildman–Crippen MR) is 117 cm³/mol. The smallest absolute Gasteiger partial charge is 0.257 e. The Morgan fingerprint density at radius 3 is 2.68 bits per heavy atom. The maximum Gasteiger partial charge on any atom is 0.257 e. The summed E-state index contributed by atoms with van der Waals surface area (Å²) in [7, 11) is 3.12. The Morgan fingerprint density at radius 2 is 2.06 bits per heavy atom. The van der Waals surface area contributed by atoms with E-state index in [1.165, 1.54) is 9.91 Å². The molecule has 0 N–H and O–H groups in total. The third-order valence-corrected chi connectivity index (χ3v) is 5.98. The number of hydrogen-bond acceptors (Lipinski definition) is 6. The third-order valence-electron chi connectivity index (χ3n) is 5.06. The molecule has 1 atom stereocenters. The number of nitrogens with zero attached hydrogens (tertiary/aromatic N) is 3. The van der Waals surface area contributed by atoms with E-state index < -0.39 is 13.0 Å². The number of alkyl halides is 2. The Balaban J connectivity index is 1.89. The zero-order valence-corrected chi connectivity index (χ0v) is 18.7. The van der Waals surface area contributed by atoms with Gasteiger partial charge in [-0.1, -0.05) is 19.1 Å². The topological polar surface area (TPSA) is 54.4 Å². The number of thiophene rings is 1. The molecule has 1 unspecified atom stereocenters. The highest BCUT2D eigenvalue weighted by Gasteiger charge is 2.34. The molecule has 168 valence electrons. The van der Waals surface area contributed by atoms with Crippen molar-refractivity contribution in [3.8, 4) is 11.5 Å². The van der Waals surface area contributed by atoms with Crippen molar-refractivity contribution in [2.45, 2.75) is 32.2 Å². The minimum Gasteiger partial charge on any atom is -0.493 e. The van der Waals surface area contributed by atoms with E-state index in [0.29, 0.717) is 30.9 Å². The summed E-state index contributed by atoms with van der Waals surface area (Å²) >= 11 is 1.55. The fraction of sp³-hybridized carbons (Fsp3) is 0.455. The van der Waals surface area contributed by atoms with E-state index in [4.69, 9.17) is 9.47 Å². The highest BCUT2D eigenvalue weighted by Crippen LogP contribution is 2.37. The second-order valence-electron chi connectivity index (χ2n) is 7.22. The van der Waals surface area contributed by atoms with Crippen molar-refractivity contribution < 1.29 is 23.0 Å². The summed E-state index contributed by atoms with van der Waals surface area (Å²) in [6, 6.07) is 9.05. The number of halogens is 2. The van der Waals surface area contributed by atoms with Crippen molar-refractivity contribution >= 4 is 23.0 Å². The van der Waals surface area contributed by atoms with Crippen LogP contribution in [0.3, 0.4) is 0 Å². The number of hydrazone groups is 1. The van der Waals surface area contributed by atoms with Crippen LogP contribution < -0.4 is 9.47 Å². The molecule has 0 bridgehead atoms. The van der Waals surface area contributed by atoms with Crippen molar-refractivity contribution in [1.29, 1.82) is 0 Å². The first-order valence-electron chi connectivity index (χ1n) is 10.1. The first-order chi connectivity index (χ1) is 15.0. The second kappa shape index (κ2) is 10.7. The van der Waals surface area contributed by atoms with Crippen molar-refractivity contribution in [2.24, 2.45) is 5.10 Å². The molecule has 0 aliphatic carbocycles. The highest BCUT2D eigenvalue weighted by molar-refractivity contribution is 7.12. The van der Waals surface area contributed by atoms with Crippen LogP contribution in [0.15, 0.2) is 40.8 Å². The minimum absolute atomic E-state index is 0.108. The lowest BCUT2D eigenvalue weighted by atomic mass is 10.0. The van der Waals surface area contributed by atoms with Crippen LogP contribution in [0.25, 0.3) is 0 Å². The maximum absolute atomic E-state index is 13.2. The van der Waals surface area contributed by atoms with Gasteiger partial charge in [0.05, 0.1) is 43.9 Å². The van der Waals surface area contributed by atoms with Gasteiger partial charge in [0.2, 0.25) is 0 Å². The first kappa shape index (κ1) is 23.1. The summed E-state index contributed by atoms with van der Waals surface area (Å²) < 4.78 is 36.7. The minimum atomic E-state index is -2.50. The van der Waals surface area contributed by atoms with E-state index in [1.54, 1.807) is 31.6 Å². The zero-order valence-electron chi connectivity index (χ0n) is 17.9. The fourth-order valence-electron chi connectivity index (χ4n) is 3.66. The molecule has 0 saturated carbocycles. The molecule has 6 nitrogen and oxygen atoms in total. The molecule has 9 heteroatoms. The standard InChI is InChI=1S/C22H27F2N3O3S/c1-4-9-26(13-21(23)24)14-22(28)27-17(12-16(25-27)20-6-5-10-31-20)15-7-8-18(29-2)19(11-15)30-3/h5-8,10-11,17,21H,4,9,12-14H2,1-3H3. The largest absolute Gasteiger partial charge is 0.493 e. The number of methoxy groups -OCH3 is 2. The van der Waals surface area contributed by atoms with Crippen LogP contribution in [0, 0.1) is 0 Å². The second-order valence-corrected chi connectivity index (χ2v) is 8.17. The van der Waals surface area contributed by atoms with Gasteiger partial charge in [0, 0.05) is 6.42 Å². The van der Waals surface area contributed by atoms with Crippen molar-refractivity contribution in [2.75, 3.05) is 33.9 Å². The van der Waals surface area contributed by atoms with E-state index in [1.807, 2.05) is 36.6 Å². The normalized spacial score (nSPS) is 16.2. The maximum atomic E-state index is 13.2. The molecule has 0 spiro atoms. The summed E-state index contributed by atoms with van der Waals surface area (Å²) in [5, 5.41) is 8.00. The SMILES string of the molecule is CCCN(CC(=O)N1N=C(c2cccs2)CC1c1ccc(OC)c(OC)c1)CC(F)F. The lowest BCUT2D eigenvalue weighted by Crippen LogP contribution is -2.40. The molecule has 0 fully saturated rings. The van der Waals surface area contributed by atoms with Crippen LogP contribution in [0.2, 0.25) is 0 Å². The molecular weight excluding hydrogens is 424 g/mol. The van der Waals surface area contributed by atoms with E-state index in [0.717, 1.165) is 16.2 Å². The molecule has 1 aromatic carbocycles. The van der Waals surface area contributed by atoms with Crippen molar-refractivity contribution in [3.63, 3.8) is 0 Å². The average Bonchev–Trinajstić information content (AvgIpc) is 3.42. The first-order valence-corrected chi connectivity index (χ1v) is 11.0. The van der Waals surface area contributed by atoms with Gasteiger partial charge in [-0.2, -0.15) is 5.10 Å². The van der Waals surface area contributed by atoms with Gasteiger partial charge < -0.3 is 9.47 Å². The number of carbonyl (C=O) groups excluding carboxylic acids is 1. The van der Waals surface area contributed by atoms with Crippen LogP contribution >= 0.6 is 11.3 Å². The van der Waals surface area contributed by atoms with Crippen LogP contribution in [0.5, 0.6) is 11.5 Å². The van der Waals surface area contributed by atoms with Crippen LogP contribution in [0.4, 0.5) is 8.78 Å². The molecule has 3 rings (SSSR count). The number of hydrogen-bond donors (Lipinski definition) is 0. The van der Waals surface area contributed by atoms with Gasteiger partial charge in [0.25, 0.3) is 12.3 Å². The Hall–Kier alpha value is -2.52. The molecule has 31 heavy (non-hydrogen) atoms. The molecule has 2 aromatic rings. The van der Waals surface area contributed by atoms with E-state index >= 15 is 0 Å². The molecule has 0 radical (unpaired) electrons. The highest BCUT2D eigenvalue weighted by atomic mass is 32.1. The molecular formula is C22H27F2N3O3S. The van der Waals surface area contributed by atoms with Gasteiger partial charge >= 0.3 is 0 Å². The summed E-state index contributed by atoms with van der Waals surface area (Å²) in [6.45, 7) is 1.78. The quantitative estimate of drug-likeness (QED) is 0.537. The number of amides is 1. The Labute approximate surface area is 185 Å². The van der Waals surface area contributed by atoms with Gasteiger partial charge in [-0.3, -0.25) is 9.69 Å². The number of carbonyl (C=O) groups is 1. The lowest BCUT2D eigenvalue weighted by Gasteiger charge is -2.26. The van der Waals surface area contributed by atoms with E-state index in [-0.39, 0.29) is 18.5 Å².